The van der Waals surface area contributed by atoms with Crippen LogP contribution in [0.5, 0.6) is 11.5 Å². The summed E-state index contributed by atoms with van der Waals surface area (Å²) in [4.78, 5) is 0. The van der Waals surface area contributed by atoms with Gasteiger partial charge < -0.3 is 15.2 Å². The van der Waals surface area contributed by atoms with Crippen LogP contribution < -0.4 is 10.1 Å². The zero-order chi connectivity index (χ0) is 14.7. The predicted octanol–water partition coefficient (Wildman–Crippen LogP) is 4.54. The standard InChI is InChI=1S/C16H18ClNO2/c1-10-4-7-14(17)15(8-10)18-11(2)13-6-5-12(20-3)9-16(13)19/h4-9,11,18-19H,1-3H3. The van der Waals surface area contributed by atoms with Gasteiger partial charge in [-0.15, -0.1) is 0 Å². The zero-order valence-corrected chi connectivity index (χ0v) is 12.5. The first kappa shape index (κ1) is 14.5. The molecule has 2 N–H and O–H groups in total. The maximum absolute atomic E-state index is 10.0. The van der Waals surface area contributed by atoms with Crippen molar-refractivity contribution in [1.29, 1.82) is 0 Å². The van der Waals surface area contributed by atoms with Crippen molar-refractivity contribution in [2.45, 2.75) is 19.9 Å². The van der Waals surface area contributed by atoms with Gasteiger partial charge in [-0.1, -0.05) is 17.7 Å². The number of benzene rings is 2. The number of hydrogen-bond donors (Lipinski definition) is 2. The quantitative estimate of drug-likeness (QED) is 0.869. The molecule has 0 radical (unpaired) electrons. The molecule has 0 heterocycles. The second-order valence-electron chi connectivity index (χ2n) is 4.77. The fourth-order valence-corrected chi connectivity index (χ4v) is 2.25. The molecule has 1 atom stereocenters. The van der Waals surface area contributed by atoms with Crippen LogP contribution in [0.2, 0.25) is 5.02 Å². The smallest absolute Gasteiger partial charge is 0.124 e. The molecule has 0 aliphatic carbocycles. The lowest BCUT2D eigenvalue weighted by molar-refractivity contribution is 0.406. The minimum Gasteiger partial charge on any atom is -0.507 e. The second kappa shape index (κ2) is 6.06. The molecular weight excluding hydrogens is 274 g/mol. The average molecular weight is 292 g/mol. The minimum atomic E-state index is -0.0693. The monoisotopic (exact) mass is 291 g/mol. The molecule has 2 rings (SSSR count). The largest absolute Gasteiger partial charge is 0.507 e. The van der Waals surface area contributed by atoms with Crippen molar-refractivity contribution in [2.75, 3.05) is 12.4 Å². The van der Waals surface area contributed by atoms with Crippen LogP contribution in [0.1, 0.15) is 24.1 Å². The highest BCUT2D eigenvalue weighted by Gasteiger charge is 2.12. The van der Waals surface area contributed by atoms with Gasteiger partial charge in [-0.3, -0.25) is 0 Å². The molecule has 0 fully saturated rings. The molecular formula is C16H18ClNO2. The third kappa shape index (κ3) is 3.17. The van der Waals surface area contributed by atoms with Gasteiger partial charge in [-0.25, -0.2) is 0 Å². The van der Waals surface area contributed by atoms with E-state index in [1.54, 1.807) is 13.2 Å². The van der Waals surface area contributed by atoms with Crippen LogP contribution in [-0.2, 0) is 0 Å². The first-order chi connectivity index (χ1) is 9.51. The van der Waals surface area contributed by atoms with Crippen molar-refractivity contribution in [3.8, 4) is 11.5 Å². The van der Waals surface area contributed by atoms with E-state index >= 15 is 0 Å². The number of aryl methyl sites for hydroxylation is 1. The molecule has 3 nitrogen and oxygen atoms in total. The van der Waals surface area contributed by atoms with Crippen LogP contribution in [0, 0.1) is 6.92 Å². The van der Waals surface area contributed by atoms with E-state index in [1.807, 2.05) is 44.2 Å². The SMILES string of the molecule is COc1ccc(C(C)Nc2cc(C)ccc2Cl)c(O)c1. The van der Waals surface area contributed by atoms with Gasteiger partial charge in [0.25, 0.3) is 0 Å². The number of nitrogens with one attached hydrogen (secondary N) is 1. The molecule has 0 saturated heterocycles. The molecule has 0 bridgehead atoms. The Morgan fingerprint density at radius 1 is 1.20 bits per heavy atom. The Hall–Kier alpha value is -1.87. The van der Waals surface area contributed by atoms with Gasteiger partial charge in [0.2, 0.25) is 0 Å². The summed E-state index contributed by atoms with van der Waals surface area (Å²) in [7, 11) is 1.57. The third-order valence-corrected chi connectivity index (χ3v) is 3.53. The molecule has 2 aromatic carbocycles. The Bertz CT molecular complexity index is 613. The van der Waals surface area contributed by atoms with Crippen LogP contribution in [0.25, 0.3) is 0 Å². The van der Waals surface area contributed by atoms with Crippen molar-refractivity contribution in [1.82, 2.24) is 0 Å². The van der Waals surface area contributed by atoms with Gasteiger partial charge in [0.15, 0.2) is 0 Å². The Kier molecular flexibility index (Phi) is 4.40. The summed E-state index contributed by atoms with van der Waals surface area (Å²) in [5.41, 5.74) is 2.78. The highest BCUT2D eigenvalue weighted by atomic mass is 35.5. The summed E-state index contributed by atoms with van der Waals surface area (Å²) in [6.07, 6.45) is 0. The van der Waals surface area contributed by atoms with E-state index in [1.165, 1.54) is 0 Å². The molecule has 20 heavy (non-hydrogen) atoms. The molecule has 0 amide bonds. The minimum absolute atomic E-state index is 0.0693. The zero-order valence-electron chi connectivity index (χ0n) is 11.8. The van der Waals surface area contributed by atoms with Gasteiger partial charge >= 0.3 is 0 Å². The topological polar surface area (TPSA) is 41.5 Å². The fraction of sp³-hybridized carbons (Fsp3) is 0.250. The first-order valence-corrected chi connectivity index (χ1v) is 6.78. The maximum atomic E-state index is 10.0. The number of methoxy groups -OCH3 is 1. The molecule has 0 aliphatic heterocycles. The Labute approximate surface area is 124 Å². The van der Waals surface area contributed by atoms with Crippen LogP contribution in [-0.4, -0.2) is 12.2 Å². The normalized spacial score (nSPS) is 12.0. The highest BCUT2D eigenvalue weighted by molar-refractivity contribution is 6.33. The summed E-state index contributed by atoms with van der Waals surface area (Å²) in [6.45, 7) is 3.98. The van der Waals surface area contributed by atoms with E-state index in [0.717, 1.165) is 16.8 Å². The van der Waals surface area contributed by atoms with Crippen LogP contribution >= 0.6 is 11.6 Å². The number of phenols is 1. The highest BCUT2D eigenvalue weighted by Crippen LogP contribution is 2.32. The van der Waals surface area contributed by atoms with Crippen molar-refractivity contribution in [2.24, 2.45) is 0 Å². The predicted molar refractivity (Wildman–Crippen MR) is 82.9 cm³/mol. The maximum Gasteiger partial charge on any atom is 0.124 e. The lowest BCUT2D eigenvalue weighted by Crippen LogP contribution is -2.07. The lowest BCUT2D eigenvalue weighted by atomic mass is 10.1. The van der Waals surface area contributed by atoms with E-state index < -0.39 is 0 Å². The average Bonchev–Trinajstić information content (AvgIpc) is 2.42. The van der Waals surface area contributed by atoms with Gasteiger partial charge in [0.1, 0.15) is 11.5 Å². The van der Waals surface area contributed by atoms with E-state index in [0.29, 0.717) is 10.8 Å². The van der Waals surface area contributed by atoms with E-state index in [2.05, 4.69) is 5.32 Å². The van der Waals surface area contributed by atoms with Gasteiger partial charge in [0, 0.05) is 11.6 Å². The number of rotatable bonds is 4. The Morgan fingerprint density at radius 2 is 1.95 bits per heavy atom. The van der Waals surface area contributed by atoms with Gasteiger partial charge in [-0.2, -0.15) is 0 Å². The van der Waals surface area contributed by atoms with Crippen molar-refractivity contribution >= 4 is 17.3 Å². The molecule has 0 saturated carbocycles. The van der Waals surface area contributed by atoms with E-state index in [4.69, 9.17) is 16.3 Å². The van der Waals surface area contributed by atoms with Crippen LogP contribution in [0.15, 0.2) is 36.4 Å². The number of hydrogen-bond acceptors (Lipinski definition) is 3. The van der Waals surface area contributed by atoms with Crippen LogP contribution in [0.3, 0.4) is 0 Å². The van der Waals surface area contributed by atoms with Crippen molar-refractivity contribution in [3.63, 3.8) is 0 Å². The van der Waals surface area contributed by atoms with E-state index in [-0.39, 0.29) is 11.8 Å². The first-order valence-electron chi connectivity index (χ1n) is 6.41. The Morgan fingerprint density at radius 3 is 2.60 bits per heavy atom. The number of halogens is 1. The molecule has 0 aliphatic rings. The number of phenolic OH excluding ortho intramolecular Hbond substituents is 1. The molecule has 0 spiro atoms. The van der Waals surface area contributed by atoms with Crippen molar-refractivity contribution in [3.05, 3.63) is 52.5 Å². The molecule has 106 valence electrons. The number of anilines is 1. The summed E-state index contributed by atoms with van der Waals surface area (Å²) in [6, 6.07) is 11.0. The van der Waals surface area contributed by atoms with E-state index in [9.17, 15) is 5.11 Å². The number of aromatic hydroxyl groups is 1. The molecule has 4 heteroatoms. The summed E-state index contributed by atoms with van der Waals surface area (Å²) in [5, 5.41) is 14.0. The van der Waals surface area contributed by atoms with Gasteiger partial charge in [-0.05, 0) is 43.7 Å². The molecule has 2 aromatic rings. The molecule has 0 aromatic heterocycles. The third-order valence-electron chi connectivity index (χ3n) is 3.20. The lowest BCUT2D eigenvalue weighted by Gasteiger charge is -2.18. The summed E-state index contributed by atoms with van der Waals surface area (Å²) < 4.78 is 5.08. The van der Waals surface area contributed by atoms with Gasteiger partial charge in [0.05, 0.1) is 23.9 Å². The number of ether oxygens (including phenoxy) is 1. The fourth-order valence-electron chi connectivity index (χ4n) is 2.08. The Balaban J connectivity index is 2.23. The second-order valence-corrected chi connectivity index (χ2v) is 5.18. The van der Waals surface area contributed by atoms with Crippen molar-refractivity contribution < 1.29 is 9.84 Å². The van der Waals surface area contributed by atoms with Crippen LogP contribution in [0.4, 0.5) is 5.69 Å². The summed E-state index contributed by atoms with van der Waals surface area (Å²) >= 11 is 6.17. The molecule has 1 unspecified atom stereocenters. The summed E-state index contributed by atoms with van der Waals surface area (Å²) in [5.74, 6) is 0.833.